The van der Waals surface area contributed by atoms with E-state index in [9.17, 15) is 0 Å². The van der Waals surface area contributed by atoms with Gasteiger partial charge in [0.1, 0.15) is 0 Å². The van der Waals surface area contributed by atoms with Crippen molar-refractivity contribution in [3.63, 3.8) is 0 Å². The minimum absolute atomic E-state index is 0.930. The molecule has 0 spiro atoms. The molecule has 2 fully saturated rings. The first kappa shape index (κ1) is 13.3. The second-order valence-corrected chi connectivity index (χ2v) is 5.75. The molecule has 0 amide bonds. The molecular weight excluding hydrogens is 210 g/mol. The molecule has 3 heteroatoms. The van der Waals surface area contributed by atoms with Crippen molar-refractivity contribution in [2.24, 2.45) is 11.8 Å². The van der Waals surface area contributed by atoms with Gasteiger partial charge in [-0.15, -0.1) is 0 Å². The van der Waals surface area contributed by atoms with Crippen molar-refractivity contribution < 1.29 is 0 Å². The Hall–Kier alpha value is -0.120. The van der Waals surface area contributed by atoms with Crippen LogP contribution in [0.3, 0.4) is 0 Å². The summed E-state index contributed by atoms with van der Waals surface area (Å²) in [5.74, 6) is 1.89. The van der Waals surface area contributed by atoms with Gasteiger partial charge in [0.05, 0.1) is 0 Å². The molecule has 2 aliphatic heterocycles. The monoisotopic (exact) mass is 239 g/mol. The van der Waals surface area contributed by atoms with Crippen LogP contribution < -0.4 is 10.6 Å². The van der Waals surface area contributed by atoms with Crippen LogP contribution in [0, 0.1) is 11.8 Å². The van der Waals surface area contributed by atoms with E-state index < -0.39 is 0 Å². The van der Waals surface area contributed by atoms with E-state index >= 15 is 0 Å². The maximum Gasteiger partial charge on any atom is 0.00106 e. The van der Waals surface area contributed by atoms with Gasteiger partial charge >= 0.3 is 0 Å². The first-order valence-corrected chi connectivity index (χ1v) is 7.52. The van der Waals surface area contributed by atoms with E-state index in [4.69, 9.17) is 0 Å². The molecule has 0 saturated carbocycles. The van der Waals surface area contributed by atoms with Crippen LogP contribution in [0.1, 0.15) is 32.6 Å². The Balaban J connectivity index is 1.61. The number of rotatable bonds is 5. The Morgan fingerprint density at radius 1 is 1.06 bits per heavy atom. The maximum atomic E-state index is 3.49. The molecule has 2 heterocycles. The van der Waals surface area contributed by atoms with Gasteiger partial charge in [-0.05, 0) is 76.8 Å². The number of nitrogens with one attached hydrogen (secondary N) is 2. The van der Waals surface area contributed by atoms with Gasteiger partial charge in [0.25, 0.3) is 0 Å². The number of hydrogen-bond acceptors (Lipinski definition) is 3. The molecule has 17 heavy (non-hydrogen) atoms. The largest absolute Gasteiger partial charge is 0.317 e. The van der Waals surface area contributed by atoms with Gasteiger partial charge in [-0.2, -0.15) is 0 Å². The third-order valence-corrected chi connectivity index (χ3v) is 4.37. The minimum Gasteiger partial charge on any atom is -0.317 e. The molecule has 0 aromatic carbocycles. The highest BCUT2D eigenvalue weighted by molar-refractivity contribution is 4.77. The quantitative estimate of drug-likeness (QED) is 0.757. The number of nitrogens with zero attached hydrogens (tertiary/aromatic N) is 1. The van der Waals surface area contributed by atoms with Crippen molar-refractivity contribution in [1.82, 2.24) is 15.5 Å². The lowest BCUT2D eigenvalue weighted by molar-refractivity contribution is 0.147. The summed E-state index contributed by atoms with van der Waals surface area (Å²) >= 11 is 0. The number of likely N-dealkylation sites (tertiary alicyclic amines) is 1. The SMILES string of the molecule is CCNCC1CCN(CC2CCNCC2)CC1. The molecule has 2 N–H and O–H groups in total. The van der Waals surface area contributed by atoms with E-state index in [2.05, 4.69) is 22.5 Å². The van der Waals surface area contributed by atoms with Crippen LogP contribution in [-0.4, -0.2) is 50.7 Å². The molecule has 2 aliphatic rings. The van der Waals surface area contributed by atoms with E-state index in [1.165, 1.54) is 65.0 Å². The molecular formula is C14H29N3. The van der Waals surface area contributed by atoms with Gasteiger partial charge in [-0.1, -0.05) is 6.92 Å². The third-order valence-electron chi connectivity index (χ3n) is 4.37. The van der Waals surface area contributed by atoms with Crippen LogP contribution in [0.25, 0.3) is 0 Å². The van der Waals surface area contributed by atoms with Crippen LogP contribution in [0.5, 0.6) is 0 Å². The maximum absolute atomic E-state index is 3.49. The lowest BCUT2D eigenvalue weighted by Crippen LogP contribution is -2.41. The van der Waals surface area contributed by atoms with Crippen molar-refractivity contribution in [2.45, 2.75) is 32.6 Å². The zero-order chi connectivity index (χ0) is 11.9. The Bertz CT molecular complexity index is 194. The summed E-state index contributed by atoms with van der Waals surface area (Å²) in [6.07, 6.45) is 5.57. The summed E-state index contributed by atoms with van der Waals surface area (Å²) in [6.45, 7) is 11.1. The molecule has 0 atom stereocenters. The normalized spacial score (nSPS) is 25.2. The molecule has 0 aromatic heterocycles. The summed E-state index contributed by atoms with van der Waals surface area (Å²) < 4.78 is 0. The average Bonchev–Trinajstić information content (AvgIpc) is 2.39. The molecule has 0 aromatic rings. The lowest BCUT2D eigenvalue weighted by atomic mass is 9.93. The topological polar surface area (TPSA) is 27.3 Å². The molecule has 3 nitrogen and oxygen atoms in total. The van der Waals surface area contributed by atoms with Gasteiger partial charge in [0.2, 0.25) is 0 Å². The van der Waals surface area contributed by atoms with Gasteiger partial charge < -0.3 is 15.5 Å². The zero-order valence-electron chi connectivity index (χ0n) is 11.4. The van der Waals surface area contributed by atoms with Crippen LogP contribution in [0.2, 0.25) is 0 Å². The van der Waals surface area contributed by atoms with Crippen molar-refractivity contribution in [2.75, 3.05) is 45.8 Å². The molecule has 0 unspecified atom stereocenters. The van der Waals surface area contributed by atoms with Gasteiger partial charge in [0, 0.05) is 6.54 Å². The fourth-order valence-corrected chi connectivity index (χ4v) is 3.15. The Labute approximate surface area is 106 Å². The van der Waals surface area contributed by atoms with Gasteiger partial charge in [-0.25, -0.2) is 0 Å². The van der Waals surface area contributed by atoms with Crippen molar-refractivity contribution in [3.8, 4) is 0 Å². The summed E-state index contributed by atoms with van der Waals surface area (Å²) in [5.41, 5.74) is 0. The van der Waals surface area contributed by atoms with E-state index in [0.29, 0.717) is 0 Å². The highest BCUT2D eigenvalue weighted by Gasteiger charge is 2.22. The summed E-state index contributed by atoms with van der Waals surface area (Å²) in [6, 6.07) is 0. The molecule has 2 rings (SSSR count). The number of hydrogen-bond donors (Lipinski definition) is 2. The molecule has 100 valence electrons. The van der Waals surface area contributed by atoms with Crippen LogP contribution >= 0.6 is 0 Å². The lowest BCUT2D eigenvalue weighted by Gasteiger charge is -2.35. The Morgan fingerprint density at radius 2 is 1.76 bits per heavy atom. The first-order chi connectivity index (χ1) is 8.38. The van der Waals surface area contributed by atoms with E-state index in [1.807, 2.05) is 0 Å². The summed E-state index contributed by atoms with van der Waals surface area (Å²) in [4.78, 5) is 2.71. The summed E-state index contributed by atoms with van der Waals surface area (Å²) in [5, 5.41) is 6.94. The summed E-state index contributed by atoms with van der Waals surface area (Å²) in [7, 11) is 0. The average molecular weight is 239 g/mol. The predicted molar refractivity (Wildman–Crippen MR) is 73.3 cm³/mol. The van der Waals surface area contributed by atoms with Crippen molar-refractivity contribution in [3.05, 3.63) is 0 Å². The van der Waals surface area contributed by atoms with Crippen molar-refractivity contribution in [1.29, 1.82) is 0 Å². The highest BCUT2D eigenvalue weighted by Crippen LogP contribution is 2.20. The minimum atomic E-state index is 0.930. The second kappa shape index (κ2) is 7.34. The zero-order valence-corrected chi connectivity index (χ0v) is 11.4. The fourth-order valence-electron chi connectivity index (χ4n) is 3.15. The van der Waals surface area contributed by atoms with E-state index in [1.54, 1.807) is 0 Å². The molecule has 2 saturated heterocycles. The molecule has 0 bridgehead atoms. The van der Waals surface area contributed by atoms with E-state index in [-0.39, 0.29) is 0 Å². The molecule has 0 aliphatic carbocycles. The van der Waals surface area contributed by atoms with E-state index in [0.717, 1.165) is 18.4 Å². The highest BCUT2D eigenvalue weighted by atomic mass is 15.1. The van der Waals surface area contributed by atoms with Crippen LogP contribution in [0.15, 0.2) is 0 Å². The van der Waals surface area contributed by atoms with Crippen molar-refractivity contribution >= 4 is 0 Å². The van der Waals surface area contributed by atoms with Crippen LogP contribution in [0.4, 0.5) is 0 Å². The Kier molecular flexibility index (Phi) is 5.75. The number of piperidine rings is 2. The van der Waals surface area contributed by atoms with Gasteiger partial charge in [-0.3, -0.25) is 0 Å². The molecule has 0 radical (unpaired) electrons. The third kappa shape index (κ3) is 4.57. The van der Waals surface area contributed by atoms with Crippen LogP contribution in [-0.2, 0) is 0 Å². The smallest absolute Gasteiger partial charge is 0.00106 e. The van der Waals surface area contributed by atoms with Gasteiger partial charge in [0.15, 0.2) is 0 Å². The second-order valence-electron chi connectivity index (χ2n) is 5.75. The predicted octanol–water partition coefficient (Wildman–Crippen LogP) is 1.31. The fraction of sp³-hybridized carbons (Fsp3) is 1.00. The standard InChI is InChI=1S/C14H29N3/c1-2-15-11-13-5-9-17(10-6-13)12-14-3-7-16-8-4-14/h13-16H,2-12H2,1H3. The Morgan fingerprint density at radius 3 is 2.41 bits per heavy atom. The first-order valence-electron chi connectivity index (χ1n) is 7.52.